The molecule has 1 saturated heterocycles. The van der Waals surface area contributed by atoms with Crippen molar-refractivity contribution in [2.24, 2.45) is 0 Å². The molecular formula is C18H18N2O4S. The van der Waals surface area contributed by atoms with Crippen molar-refractivity contribution in [1.82, 2.24) is 4.72 Å². The van der Waals surface area contributed by atoms with Gasteiger partial charge in [0.15, 0.2) is 0 Å². The van der Waals surface area contributed by atoms with Crippen LogP contribution >= 0.6 is 0 Å². The van der Waals surface area contributed by atoms with Gasteiger partial charge in [0.25, 0.3) is 0 Å². The summed E-state index contributed by atoms with van der Waals surface area (Å²) in [5, 5.41) is 0. The van der Waals surface area contributed by atoms with Crippen molar-refractivity contribution in [3.63, 3.8) is 0 Å². The highest BCUT2D eigenvalue weighted by Gasteiger charge is 2.30. The molecule has 0 aromatic heterocycles. The smallest absolute Gasteiger partial charge is 0.241 e. The number of nitrogens with zero attached hydrogens (tertiary/aromatic N) is 1. The van der Waals surface area contributed by atoms with Gasteiger partial charge in [-0.15, -0.1) is 0 Å². The first-order valence-corrected chi connectivity index (χ1v) is 9.40. The highest BCUT2D eigenvalue weighted by atomic mass is 32.2. The predicted octanol–water partition coefficient (Wildman–Crippen LogP) is 2.38. The van der Waals surface area contributed by atoms with Gasteiger partial charge in [0.1, 0.15) is 0 Å². The van der Waals surface area contributed by atoms with E-state index >= 15 is 0 Å². The fraction of sp³-hybridized carbons (Fsp3) is 0.222. The number of anilines is 1. The van der Waals surface area contributed by atoms with Crippen LogP contribution in [-0.4, -0.2) is 20.2 Å². The summed E-state index contributed by atoms with van der Waals surface area (Å²) in [6, 6.07) is 14.6. The maximum atomic E-state index is 12.5. The average Bonchev–Trinajstić information content (AvgIpc) is 2.94. The fourth-order valence-electron chi connectivity index (χ4n) is 2.75. The van der Waals surface area contributed by atoms with Crippen LogP contribution in [0.5, 0.6) is 0 Å². The molecule has 25 heavy (non-hydrogen) atoms. The van der Waals surface area contributed by atoms with Crippen molar-refractivity contribution in [1.29, 1.82) is 0 Å². The van der Waals surface area contributed by atoms with Crippen LogP contribution in [0.3, 0.4) is 0 Å². The normalized spacial score (nSPS) is 16.3. The van der Waals surface area contributed by atoms with Gasteiger partial charge in [-0.25, -0.2) is 13.1 Å². The fourth-order valence-corrected chi connectivity index (χ4v) is 3.98. The quantitative estimate of drug-likeness (QED) is 0.832. The molecule has 1 heterocycles. The summed E-state index contributed by atoms with van der Waals surface area (Å²) in [4.78, 5) is 24.7. The van der Waals surface area contributed by atoms with Gasteiger partial charge in [-0.3, -0.25) is 14.5 Å². The largest absolute Gasteiger partial charge is 0.274 e. The second-order valence-electron chi connectivity index (χ2n) is 5.87. The molecule has 1 unspecified atom stereocenters. The van der Waals surface area contributed by atoms with Gasteiger partial charge in [-0.1, -0.05) is 30.3 Å². The maximum absolute atomic E-state index is 12.5. The molecule has 2 amide bonds. The molecule has 130 valence electrons. The van der Waals surface area contributed by atoms with E-state index in [1.54, 1.807) is 6.92 Å². The maximum Gasteiger partial charge on any atom is 0.241 e. The Morgan fingerprint density at radius 1 is 0.920 bits per heavy atom. The van der Waals surface area contributed by atoms with Crippen molar-refractivity contribution in [2.45, 2.75) is 30.7 Å². The van der Waals surface area contributed by atoms with Gasteiger partial charge in [-0.2, -0.15) is 0 Å². The lowest BCUT2D eigenvalue weighted by Gasteiger charge is -2.16. The summed E-state index contributed by atoms with van der Waals surface area (Å²) in [6.45, 7) is 1.77. The van der Waals surface area contributed by atoms with Crippen LogP contribution in [0, 0.1) is 0 Å². The van der Waals surface area contributed by atoms with Gasteiger partial charge in [0.2, 0.25) is 21.8 Å². The van der Waals surface area contributed by atoms with E-state index in [2.05, 4.69) is 4.72 Å². The SMILES string of the molecule is CC(NS(=O)(=O)c1ccc(N2C(=O)CCC2=O)cc1)c1ccccc1. The molecule has 6 nitrogen and oxygen atoms in total. The summed E-state index contributed by atoms with van der Waals surface area (Å²) in [5.41, 5.74) is 1.25. The summed E-state index contributed by atoms with van der Waals surface area (Å²) < 4.78 is 27.7. The van der Waals surface area contributed by atoms with Crippen LogP contribution in [0.25, 0.3) is 0 Å². The van der Waals surface area contributed by atoms with E-state index in [9.17, 15) is 18.0 Å². The molecule has 3 rings (SSSR count). The van der Waals surface area contributed by atoms with Gasteiger partial charge in [0, 0.05) is 18.9 Å². The number of rotatable bonds is 5. The number of sulfonamides is 1. The van der Waals surface area contributed by atoms with E-state index in [0.717, 1.165) is 10.5 Å². The Kier molecular flexibility index (Phi) is 4.69. The van der Waals surface area contributed by atoms with E-state index in [-0.39, 0.29) is 35.6 Å². The number of carbonyl (C=O) groups excluding carboxylic acids is 2. The first-order chi connectivity index (χ1) is 11.9. The number of hydrogen-bond acceptors (Lipinski definition) is 4. The van der Waals surface area contributed by atoms with Crippen LogP contribution in [0.15, 0.2) is 59.5 Å². The zero-order valence-electron chi connectivity index (χ0n) is 13.7. The van der Waals surface area contributed by atoms with Crippen molar-refractivity contribution < 1.29 is 18.0 Å². The molecule has 0 spiro atoms. The monoisotopic (exact) mass is 358 g/mol. The second kappa shape index (κ2) is 6.78. The molecule has 1 aliphatic heterocycles. The molecule has 2 aromatic carbocycles. The van der Waals surface area contributed by atoms with E-state index in [0.29, 0.717) is 5.69 Å². The minimum Gasteiger partial charge on any atom is -0.274 e. The lowest BCUT2D eigenvalue weighted by atomic mass is 10.1. The highest BCUT2D eigenvalue weighted by molar-refractivity contribution is 7.89. The van der Waals surface area contributed by atoms with Crippen LogP contribution in [0.2, 0.25) is 0 Å². The Hall–Kier alpha value is -2.51. The Morgan fingerprint density at radius 3 is 2.04 bits per heavy atom. The number of nitrogens with one attached hydrogen (secondary N) is 1. The number of imide groups is 1. The van der Waals surface area contributed by atoms with E-state index in [4.69, 9.17) is 0 Å². The van der Waals surface area contributed by atoms with E-state index < -0.39 is 10.0 Å². The third-order valence-electron chi connectivity index (χ3n) is 4.09. The predicted molar refractivity (Wildman–Crippen MR) is 93.3 cm³/mol. The molecule has 7 heteroatoms. The summed E-state index contributed by atoms with van der Waals surface area (Å²) in [5.74, 6) is -0.534. The zero-order valence-corrected chi connectivity index (χ0v) is 14.5. The van der Waals surface area contributed by atoms with Crippen LogP contribution in [0.4, 0.5) is 5.69 Å². The molecule has 0 aliphatic carbocycles. The number of benzene rings is 2. The van der Waals surface area contributed by atoms with Crippen LogP contribution < -0.4 is 9.62 Å². The van der Waals surface area contributed by atoms with Gasteiger partial charge in [-0.05, 0) is 36.8 Å². The number of amides is 2. The molecule has 0 saturated carbocycles. The van der Waals surface area contributed by atoms with Crippen molar-refractivity contribution in [2.75, 3.05) is 4.90 Å². The zero-order chi connectivity index (χ0) is 18.0. The lowest BCUT2D eigenvalue weighted by Crippen LogP contribution is -2.29. The van der Waals surface area contributed by atoms with Crippen LogP contribution in [-0.2, 0) is 19.6 Å². The average molecular weight is 358 g/mol. The Labute approximate surface area is 146 Å². The molecular weight excluding hydrogens is 340 g/mol. The van der Waals surface area contributed by atoms with Crippen molar-refractivity contribution in [3.8, 4) is 0 Å². The Morgan fingerprint density at radius 2 is 1.48 bits per heavy atom. The first-order valence-electron chi connectivity index (χ1n) is 7.91. The lowest BCUT2D eigenvalue weighted by molar-refractivity contribution is -0.121. The van der Waals surface area contributed by atoms with E-state index in [1.807, 2.05) is 30.3 Å². The third-order valence-corrected chi connectivity index (χ3v) is 5.64. The second-order valence-corrected chi connectivity index (χ2v) is 7.58. The first kappa shape index (κ1) is 17.3. The summed E-state index contributed by atoms with van der Waals surface area (Å²) in [7, 11) is -3.71. The minimum atomic E-state index is -3.71. The summed E-state index contributed by atoms with van der Waals surface area (Å²) >= 11 is 0. The Balaban J connectivity index is 1.79. The molecule has 1 fully saturated rings. The topological polar surface area (TPSA) is 83.6 Å². The Bertz CT molecular complexity index is 876. The van der Waals surface area contributed by atoms with Gasteiger partial charge in [0.05, 0.1) is 10.6 Å². The molecule has 0 radical (unpaired) electrons. The van der Waals surface area contributed by atoms with E-state index in [1.165, 1.54) is 24.3 Å². The summed E-state index contributed by atoms with van der Waals surface area (Å²) in [6.07, 6.45) is 0.379. The van der Waals surface area contributed by atoms with Crippen molar-refractivity contribution >= 4 is 27.5 Å². The van der Waals surface area contributed by atoms with Crippen molar-refractivity contribution in [3.05, 3.63) is 60.2 Å². The number of carbonyl (C=O) groups is 2. The van der Waals surface area contributed by atoms with Crippen LogP contribution in [0.1, 0.15) is 31.4 Å². The molecule has 2 aromatic rings. The third kappa shape index (κ3) is 3.62. The highest BCUT2D eigenvalue weighted by Crippen LogP contribution is 2.24. The molecule has 1 N–H and O–H groups in total. The minimum absolute atomic E-state index is 0.0816. The standard InChI is InChI=1S/C18H18N2O4S/c1-13(14-5-3-2-4-6-14)19-25(23,24)16-9-7-15(8-10-16)20-17(21)11-12-18(20)22/h2-10,13,19H,11-12H2,1H3. The molecule has 1 atom stereocenters. The van der Waals surface area contributed by atoms with Gasteiger partial charge >= 0.3 is 0 Å². The molecule has 0 bridgehead atoms. The molecule has 1 aliphatic rings. The number of hydrogen-bond donors (Lipinski definition) is 1. The van der Waals surface area contributed by atoms with Gasteiger partial charge < -0.3 is 0 Å².